The number of aromatic amines is 1. The van der Waals surface area contributed by atoms with Gasteiger partial charge in [-0.05, 0) is 12.8 Å². The zero-order valence-electron chi connectivity index (χ0n) is 13.5. The van der Waals surface area contributed by atoms with E-state index in [9.17, 15) is 0 Å². The Kier molecular flexibility index (Phi) is 9.38. The molecule has 0 spiro atoms. The second-order valence-corrected chi connectivity index (χ2v) is 5.91. The number of hydrogen-bond acceptors (Lipinski definition) is 2. The molecule has 1 aromatic heterocycles. The van der Waals surface area contributed by atoms with E-state index in [1.807, 2.05) is 6.20 Å². The minimum absolute atomic E-state index is 0.125. The Labute approximate surface area is 124 Å². The molecule has 0 amide bonds. The molecule has 3 nitrogen and oxygen atoms in total. The summed E-state index contributed by atoms with van der Waals surface area (Å²) < 4.78 is 0. The van der Waals surface area contributed by atoms with Crippen LogP contribution in [0.5, 0.6) is 0 Å². The Morgan fingerprint density at radius 1 is 1.00 bits per heavy atom. The van der Waals surface area contributed by atoms with Gasteiger partial charge in [-0.1, -0.05) is 65.2 Å². The van der Waals surface area contributed by atoms with E-state index in [0.717, 1.165) is 30.8 Å². The quantitative estimate of drug-likeness (QED) is 0.535. The summed E-state index contributed by atoms with van der Waals surface area (Å²) >= 11 is 0. The fraction of sp³-hybridized carbons (Fsp3) is 0.824. The summed E-state index contributed by atoms with van der Waals surface area (Å²) in [4.78, 5) is 7.82. The first kappa shape index (κ1) is 17.2. The van der Waals surface area contributed by atoms with Crippen molar-refractivity contribution >= 4 is 0 Å². The number of H-pyrrole nitrogens is 1. The summed E-state index contributed by atoms with van der Waals surface area (Å²) in [7, 11) is 0. The maximum atomic E-state index is 6.08. The Hall–Kier alpha value is -0.830. The third-order valence-corrected chi connectivity index (χ3v) is 3.91. The van der Waals surface area contributed by atoms with Crippen LogP contribution < -0.4 is 5.73 Å². The Morgan fingerprint density at radius 3 is 2.30 bits per heavy atom. The van der Waals surface area contributed by atoms with Gasteiger partial charge in [-0.2, -0.15) is 0 Å². The predicted molar refractivity (Wildman–Crippen MR) is 86.7 cm³/mol. The lowest BCUT2D eigenvalue weighted by Crippen LogP contribution is -2.10. The molecule has 1 atom stereocenters. The SMILES string of the molecule is CCCCCCCCCCc1ncc(C(N)CCC)[nH]1. The number of aromatic nitrogens is 2. The maximum absolute atomic E-state index is 6.08. The molecule has 1 aromatic rings. The van der Waals surface area contributed by atoms with Crippen molar-refractivity contribution in [1.82, 2.24) is 9.97 Å². The Bertz CT molecular complexity index is 333. The molecule has 0 saturated carbocycles. The van der Waals surface area contributed by atoms with Crippen molar-refractivity contribution in [3.63, 3.8) is 0 Å². The van der Waals surface area contributed by atoms with E-state index in [2.05, 4.69) is 23.8 Å². The Morgan fingerprint density at radius 2 is 1.65 bits per heavy atom. The van der Waals surface area contributed by atoms with Gasteiger partial charge in [-0.15, -0.1) is 0 Å². The number of imidazole rings is 1. The highest BCUT2D eigenvalue weighted by atomic mass is 14.9. The molecule has 0 fully saturated rings. The summed E-state index contributed by atoms with van der Waals surface area (Å²) in [5, 5.41) is 0. The van der Waals surface area contributed by atoms with E-state index in [1.54, 1.807) is 0 Å². The zero-order chi connectivity index (χ0) is 14.6. The second kappa shape index (κ2) is 10.9. The van der Waals surface area contributed by atoms with Crippen LogP contribution in [0.4, 0.5) is 0 Å². The molecule has 1 rings (SSSR count). The van der Waals surface area contributed by atoms with Crippen LogP contribution in [0.2, 0.25) is 0 Å². The first-order valence-corrected chi connectivity index (χ1v) is 8.57. The van der Waals surface area contributed by atoms with Gasteiger partial charge in [-0.3, -0.25) is 0 Å². The monoisotopic (exact) mass is 279 g/mol. The molecule has 0 saturated heterocycles. The second-order valence-electron chi connectivity index (χ2n) is 5.91. The van der Waals surface area contributed by atoms with Crippen molar-refractivity contribution in [1.29, 1.82) is 0 Å². The fourth-order valence-electron chi connectivity index (χ4n) is 2.59. The minimum atomic E-state index is 0.125. The standard InChI is InChI=1S/C17H33N3/c1-3-5-6-7-8-9-10-11-13-17-19-14-16(20-17)15(18)12-4-2/h14-15H,3-13,18H2,1-2H3,(H,19,20). The van der Waals surface area contributed by atoms with Gasteiger partial charge in [0.15, 0.2) is 0 Å². The molecule has 3 N–H and O–H groups in total. The van der Waals surface area contributed by atoms with Crippen molar-refractivity contribution < 1.29 is 0 Å². The van der Waals surface area contributed by atoms with E-state index in [4.69, 9.17) is 5.73 Å². The van der Waals surface area contributed by atoms with E-state index >= 15 is 0 Å². The highest BCUT2D eigenvalue weighted by molar-refractivity contribution is 5.06. The average Bonchev–Trinajstić information content (AvgIpc) is 2.91. The van der Waals surface area contributed by atoms with Crippen LogP contribution in [0.3, 0.4) is 0 Å². The van der Waals surface area contributed by atoms with Crippen LogP contribution in [0.1, 0.15) is 95.6 Å². The predicted octanol–water partition coefficient (Wildman–Crippen LogP) is 4.89. The number of hydrogen-bond donors (Lipinski definition) is 2. The van der Waals surface area contributed by atoms with E-state index in [0.29, 0.717) is 0 Å². The molecule has 0 aliphatic heterocycles. The van der Waals surface area contributed by atoms with Crippen LogP contribution in [0.15, 0.2) is 6.20 Å². The molecule has 20 heavy (non-hydrogen) atoms. The highest BCUT2D eigenvalue weighted by Gasteiger charge is 2.08. The smallest absolute Gasteiger partial charge is 0.106 e. The molecule has 0 aliphatic rings. The minimum Gasteiger partial charge on any atom is -0.345 e. The highest BCUT2D eigenvalue weighted by Crippen LogP contribution is 2.15. The van der Waals surface area contributed by atoms with Gasteiger partial charge >= 0.3 is 0 Å². The van der Waals surface area contributed by atoms with Gasteiger partial charge in [0, 0.05) is 18.7 Å². The van der Waals surface area contributed by atoms with E-state index < -0.39 is 0 Å². The van der Waals surface area contributed by atoms with Crippen LogP contribution in [0.25, 0.3) is 0 Å². The lowest BCUT2D eigenvalue weighted by molar-refractivity contribution is 0.571. The summed E-state index contributed by atoms with van der Waals surface area (Å²) in [5.74, 6) is 1.11. The van der Waals surface area contributed by atoms with Crippen LogP contribution in [-0.4, -0.2) is 9.97 Å². The Balaban J connectivity index is 2.07. The van der Waals surface area contributed by atoms with E-state index in [1.165, 1.54) is 51.4 Å². The largest absolute Gasteiger partial charge is 0.345 e. The molecule has 3 heteroatoms. The van der Waals surface area contributed by atoms with E-state index in [-0.39, 0.29) is 6.04 Å². The molecule has 1 heterocycles. The maximum Gasteiger partial charge on any atom is 0.106 e. The normalized spacial score (nSPS) is 12.8. The van der Waals surface area contributed by atoms with Gasteiger partial charge in [-0.25, -0.2) is 4.98 Å². The summed E-state index contributed by atoms with van der Waals surface area (Å²) in [6.07, 6.45) is 16.0. The number of nitrogens with one attached hydrogen (secondary N) is 1. The molecule has 0 radical (unpaired) electrons. The number of nitrogens with two attached hydrogens (primary N) is 1. The molecule has 1 unspecified atom stereocenters. The van der Waals surface area contributed by atoms with Gasteiger partial charge in [0.05, 0.1) is 5.69 Å². The summed E-state index contributed by atoms with van der Waals surface area (Å²) in [6.45, 7) is 4.43. The number of unbranched alkanes of at least 4 members (excludes halogenated alkanes) is 7. The van der Waals surface area contributed by atoms with Crippen LogP contribution in [-0.2, 0) is 6.42 Å². The first-order chi connectivity index (χ1) is 9.77. The van der Waals surface area contributed by atoms with Gasteiger partial charge in [0.1, 0.15) is 5.82 Å². The average molecular weight is 279 g/mol. The summed E-state index contributed by atoms with van der Waals surface area (Å²) in [6, 6.07) is 0.125. The van der Waals surface area contributed by atoms with Crippen molar-refractivity contribution in [2.24, 2.45) is 5.73 Å². The molecule has 116 valence electrons. The van der Waals surface area contributed by atoms with Crippen LogP contribution >= 0.6 is 0 Å². The van der Waals surface area contributed by atoms with Crippen molar-refractivity contribution in [2.45, 2.75) is 90.5 Å². The molecular formula is C17H33N3. The zero-order valence-corrected chi connectivity index (χ0v) is 13.5. The lowest BCUT2D eigenvalue weighted by Gasteiger charge is -2.06. The van der Waals surface area contributed by atoms with Crippen molar-refractivity contribution in [2.75, 3.05) is 0 Å². The topological polar surface area (TPSA) is 54.7 Å². The van der Waals surface area contributed by atoms with Crippen molar-refractivity contribution in [3.05, 3.63) is 17.7 Å². The van der Waals surface area contributed by atoms with Crippen LogP contribution in [0, 0.1) is 0 Å². The summed E-state index contributed by atoms with van der Waals surface area (Å²) in [5.41, 5.74) is 7.18. The number of rotatable bonds is 12. The third kappa shape index (κ3) is 7.09. The first-order valence-electron chi connectivity index (χ1n) is 8.57. The molecule has 0 aliphatic carbocycles. The van der Waals surface area contributed by atoms with Gasteiger partial charge < -0.3 is 10.7 Å². The molecule has 0 bridgehead atoms. The number of nitrogens with zero attached hydrogens (tertiary/aromatic N) is 1. The van der Waals surface area contributed by atoms with Crippen molar-refractivity contribution in [3.8, 4) is 0 Å². The third-order valence-electron chi connectivity index (χ3n) is 3.91. The molecule has 0 aromatic carbocycles. The lowest BCUT2D eigenvalue weighted by atomic mass is 10.1. The molecular weight excluding hydrogens is 246 g/mol. The fourth-order valence-corrected chi connectivity index (χ4v) is 2.59. The van der Waals surface area contributed by atoms with Gasteiger partial charge in [0.25, 0.3) is 0 Å². The number of aryl methyl sites for hydroxylation is 1. The van der Waals surface area contributed by atoms with Gasteiger partial charge in [0.2, 0.25) is 0 Å².